The Labute approximate surface area is 133 Å². The SMILES string of the molecule is Cc1oc(C)c(S(=O)(=O)Nc2c(Cl)cccc2Cl)c1CN. The van der Waals surface area contributed by atoms with Gasteiger partial charge in [-0.05, 0) is 26.0 Å². The average molecular weight is 349 g/mol. The molecule has 1 aromatic heterocycles. The minimum absolute atomic E-state index is 0.0264. The number of furan rings is 1. The summed E-state index contributed by atoms with van der Waals surface area (Å²) < 4.78 is 32.9. The van der Waals surface area contributed by atoms with Crippen molar-refractivity contribution in [2.45, 2.75) is 25.3 Å². The number of anilines is 1. The molecule has 1 heterocycles. The van der Waals surface area contributed by atoms with Crippen molar-refractivity contribution in [1.82, 2.24) is 0 Å². The van der Waals surface area contributed by atoms with Gasteiger partial charge in [-0.15, -0.1) is 0 Å². The largest absolute Gasteiger partial charge is 0.465 e. The van der Waals surface area contributed by atoms with Crippen LogP contribution in [0.5, 0.6) is 0 Å². The maximum Gasteiger partial charge on any atom is 0.265 e. The van der Waals surface area contributed by atoms with E-state index < -0.39 is 10.0 Å². The fourth-order valence-electron chi connectivity index (χ4n) is 2.08. The Hall–Kier alpha value is -1.21. The van der Waals surface area contributed by atoms with Crippen LogP contribution in [0.1, 0.15) is 17.1 Å². The van der Waals surface area contributed by atoms with Crippen LogP contribution in [0.3, 0.4) is 0 Å². The van der Waals surface area contributed by atoms with E-state index in [2.05, 4.69) is 4.72 Å². The van der Waals surface area contributed by atoms with Gasteiger partial charge in [-0.25, -0.2) is 8.42 Å². The summed E-state index contributed by atoms with van der Waals surface area (Å²) in [7, 11) is -3.90. The van der Waals surface area contributed by atoms with Crippen molar-refractivity contribution in [1.29, 1.82) is 0 Å². The summed E-state index contributed by atoms with van der Waals surface area (Å²) in [5.41, 5.74) is 6.17. The molecule has 0 aliphatic carbocycles. The molecule has 0 radical (unpaired) electrons. The van der Waals surface area contributed by atoms with Crippen LogP contribution in [0.25, 0.3) is 0 Å². The summed E-state index contributed by atoms with van der Waals surface area (Å²) in [4.78, 5) is 0.0264. The fourth-order valence-corrected chi connectivity index (χ4v) is 4.24. The molecule has 0 aliphatic heterocycles. The number of sulfonamides is 1. The number of hydrogen-bond donors (Lipinski definition) is 2. The Morgan fingerprint density at radius 1 is 1.19 bits per heavy atom. The number of benzene rings is 1. The highest BCUT2D eigenvalue weighted by Gasteiger charge is 2.27. The predicted molar refractivity (Wildman–Crippen MR) is 83.3 cm³/mol. The summed E-state index contributed by atoms with van der Waals surface area (Å²) >= 11 is 12.0. The summed E-state index contributed by atoms with van der Waals surface area (Å²) in [5.74, 6) is 0.740. The Balaban J connectivity index is 2.54. The molecule has 3 N–H and O–H groups in total. The molecule has 0 saturated carbocycles. The van der Waals surface area contributed by atoms with E-state index in [1.54, 1.807) is 32.0 Å². The van der Waals surface area contributed by atoms with Crippen molar-refractivity contribution in [3.8, 4) is 0 Å². The van der Waals surface area contributed by atoms with Crippen LogP contribution in [0.2, 0.25) is 10.0 Å². The van der Waals surface area contributed by atoms with E-state index in [1.807, 2.05) is 0 Å². The van der Waals surface area contributed by atoms with Crippen LogP contribution in [0.15, 0.2) is 27.5 Å². The highest BCUT2D eigenvalue weighted by molar-refractivity contribution is 7.92. The lowest BCUT2D eigenvalue weighted by molar-refractivity contribution is 0.494. The minimum Gasteiger partial charge on any atom is -0.465 e. The van der Waals surface area contributed by atoms with Crippen LogP contribution >= 0.6 is 23.2 Å². The maximum absolute atomic E-state index is 12.6. The summed E-state index contributed by atoms with van der Waals surface area (Å²) in [6, 6.07) is 4.71. The lowest BCUT2D eigenvalue weighted by Crippen LogP contribution is -2.17. The zero-order chi connectivity index (χ0) is 15.8. The van der Waals surface area contributed by atoms with Crippen LogP contribution in [-0.4, -0.2) is 8.42 Å². The fraction of sp³-hybridized carbons (Fsp3) is 0.231. The molecule has 2 rings (SSSR count). The van der Waals surface area contributed by atoms with Gasteiger partial charge in [-0.2, -0.15) is 0 Å². The van der Waals surface area contributed by atoms with Gasteiger partial charge in [0.15, 0.2) is 0 Å². The number of nitrogens with one attached hydrogen (secondary N) is 1. The number of halogens is 2. The van der Waals surface area contributed by atoms with Gasteiger partial charge in [0.2, 0.25) is 0 Å². The van der Waals surface area contributed by atoms with E-state index >= 15 is 0 Å². The normalized spacial score (nSPS) is 11.7. The molecule has 5 nitrogen and oxygen atoms in total. The van der Waals surface area contributed by atoms with Gasteiger partial charge in [0.05, 0.1) is 15.7 Å². The third kappa shape index (κ3) is 3.03. The van der Waals surface area contributed by atoms with Crippen molar-refractivity contribution in [3.05, 3.63) is 45.3 Å². The highest BCUT2D eigenvalue weighted by Crippen LogP contribution is 2.34. The summed E-state index contributed by atoms with van der Waals surface area (Å²) in [6.07, 6.45) is 0. The van der Waals surface area contributed by atoms with Crippen LogP contribution < -0.4 is 10.5 Å². The molecule has 1 aromatic carbocycles. The van der Waals surface area contributed by atoms with E-state index in [9.17, 15) is 8.42 Å². The molecular weight excluding hydrogens is 335 g/mol. The third-order valence-electron chi connectivity index (χ3n) is 3.00. The van der Waals surface area contributed by atoms with Gasteiger partial charge in [0, 0.05) is 12.1 Å². The van der Waals surface area contributed by atoms with E-state index in [0.29, 0.717) is 11.3 Å². The first-order valence-electron chi connectivity index (χ1n) is 6.03. The van der Waals surface area contributed by atoms with E-state index in [-0.39, 0.29) is 32.9 Å². The van der Waals surface area contributed by atoms with Crippen molar-refractivity contribution in [2.24, 2.45) is 5.73 Å². The molecule has 2 aromatic rings. The second-order valence-electron chi connectivity index (χ2n) is 4.43. The quantitative estimate of drug-likeness (QED) is 0.885. The highest BCUT2D eigenvalue weighted by atomic mass is 35.5. The molecule has 0 spiro atoms. The number of aryl methyl sites for hydroxylation is 2. The first-order chi connectivity index (χ1) is 9.77. The molecular formula is C13H14Cl2N2O3S. The second kappa shape index (κ2) is 5.88. The van der Waals surface area contributed by atoms with Crippen molar-refractivity contribution < 1.29 is 12.8 Å². The predicted octanol–water partition coefficient (Wildman–Crippen LogP) is 3.46. The Bertz CT molecular complexity index is 765. The lowest BCUT2D eigenvalue weighted by atomic mass is 10.2. The molecule has 0 atom stereocenters. The standard InChI is InChI=1S/C13H14Cl2N2O3S/c1-7-9(6-16)13(8(2)20-7)21(18,19)17-12-10(14)4-3-5-11(12)15/h3-5,17H,6,16H2,1-2H3. The first-order valence-corrected chi connectivity index (χ1v) is 8.27. The molecule has 0 fully saturated rings. The van der Waals surface area contributed by atoms with Gasteiger partial charge < -0.3 is 10.2 Å². The van der Waals surface area contributed by atoms with E-state index in [1.165, 1.54) is 0 Å². The third-order valence-corrected chi connectivity index (χ3v) is 5.17. The zero-order valence-electron chi connectivity index (χ0n) is 11.4. The van der Waals surface area contributed by atoms with Gasteiger partial charge in [-0.3, -0.25) is 4.72 Å². The van der Waals surface area contributed by atoms with E-state index in [4.69, 9.17) is 33.4 Å². The monoisotopic (exact) mass is 348 g/mol. The lowest BCUT2D eigenvalue weighted by Gasteiger charge is -2.11. The molecule has 0 bridgehead atoms. The zero-order valence-corrected chi connectivity index (χ0v) is 13.7. The molecule has 0 saturated heterocycles. The summed E-state index contributed by atoms with van der Waals surface area (Å²) in [5, 5.41) is 0.413. The minimum atomic E-state index is -3.90. The first kappa shape index (κ1) is 16.2. The molecule has 0 aliphatic rings. The maximum atomic E-state index is 12.6. The van der Waals surface area contributed by atoms with Crippen molar-refractivity contribution in [3.63, 3.8) is 0 Å². The van der Waals surface area contributed by atoms with Crippen LogP contribution in [0, 0.1) is 13.8 Å². The topological polar surface area (TPSA) is 85.3 Å². The van der Waals surface area contributed by atoms with Crippen molar-refractivity contribution in [2.75, 3.05) is 4.72 Å². The van der Waals surface area contributed by atoms with Gasteiger partial charge in [0.25, 0.3) is 10.0 Å². The Morgan fingerprint density at radius 3 is 2.29 bits per heavy atom. The molecule has 0 amide bonds. The van der Waals surface area contributed by atoms with Crippen LogP contribution in [-0.2, 0) is 16.6 Å². The van der Waals surface area contributed by atoms with Crippen LogP contribution in [0.4, 0.5) is 5.69 Å². The van der Waals surface area contributed by atoms with Gasteiger partial charge >= 0.3 is 0 Å². The molecule has 0 unspecified atom stereocenters. The van der Waals surface area contributed by atoms with Gasteiger partial charge in [0.1, 0.15) is 16.4 Å². The molecule has 21 heavy (non-hydrogen) atoms. The second-order valence-corrected chi connectivity index (χ2v) is 6.86. The van der Waals surface area contributed by atoms with Crippen molar-refractivity contribution >= 4 is 38.9 Å². The number of nitrogens with two attached hydrogens (primary N) is 1. The van der Waals surface area contributed by atoms with Gasteiger partial charge in [-0.1, -0.05) is 29.3 Å². The molecule has 114 valence electrons. The number of rotatable bonds is 4. The van der Waals surface area contributed by atoms with E-state index in [0.717, 1.165) is 0 Å². The Morgan fingerprint density at radius 2 is 1.76 bits per heavy atom. The summed E-state index contributed by atoms with van der Waals surface area (Å²) in [6.45, 7) is 3.28. The number of hydrogen-bond acceptors (Lipinski definition) is 4. The smallest absolute Gasteiger partial charge is 0.265 e. The number of para-hydroxylation sites is 1. The average Bonchev–Trinajstić information content (AvgIpc) is 2.69. The molecule has 8 heteroatoms. The Kier molecular flexibility index (Phi) is 4.53.